The van der Waals surface area contributed by atoms with E-state index < -0.39 is 0 Å². The molecule has 1 nitrogen and oxygen atoms in total. The lowest BCUT2D eigenvalue weighted by molar-refractivity contribution is 0.357. The first-order valence-corrected chi connectivity index (χ1v) is 7.97. The summed E-state index contributed by atoms with van der Waals surface area (Å²) in [5.74, 6) is 1.39. The third-order valence-electron chi connectivity index (χ3n) is 3.69. The minimum absolute atomic E-state index is 0.620. The van der Waals surface area contributed by atoms with Crippen LogP contribution in [0.25, 0.3) is 0 Å². The first-order chi connectivity index (χ1) is 9.19. The van der Waals surface area contributed by atoms with Gasteiger partial charge >= 0.3 is 0 Å². The fourth-order valence-electron chi connectivity index (χ4n) is 2.83. The van der Waals surface area contributed by atoms with Gasteiger partial charge in [-0.25, -0.2) is 0 Å². The van der Waals surface area contributed by atoms with E-state index in [1.54, 1.807) is 0 Å². The van der Waals surface area contributed by atoms with Crippen molar-refractivity contribution in [2.24, 2.45) is 5.92 Å². The lowest BCUT2D eigenvalue weighted by atomic mass is 9.82. The van der Waals surface area contributed by atoms with E-state index in [1.165, 1.54) is 31.2 Å². The molecule has 19 heavy (non-hydrogen) atoms. The maximum atomic E-state index is 3.77. The van der Waals surface area contributed by atoms with Crippen molar-refractivity contribution < 1.29 is 0 Å². The summed E-state index contributed by atoms with van der Waals surface area (Å²) in [5.41, 5.74) is 1.50. The highest BCUT2D eigenvalue weighted by molar-refractivity contribution is 5.21. The van der Waals surface area contributed by atoms with Crippen LogP contribution < -0.4 is 5.32 Å². The molecule has 0 radical (unpaired) electrons. The Kier molecular flexibility index (Phi) is 7.81. The summed E-state index contributed by atoms with van der Waals surface area (Å²) in [7, 11) is 0. The Labute approximate surface area is 119 Å². The summed E-state index contributed by atoms with van der Waals surface area (Å²) < 4.78 is 0. The molecule has 0 saturated heterocycles. The molecule has 2 atom stereocenters. The molecule has 0 heterocycles. The van der Waals surface area contributed by atoms with Crippen LogP contribution in [-0.4, -0.2) is 12.6 Å². The van der Waals surface area contributed by atoms with Gasteiger partial charge in [-0.15, -0.1) is 0 Å². The van der Waals surface area contributed by atoms with Gasteiger partial charge < -0.3 is 5.32 Å². The summed E-state index contributed by atoms with van der Waals surface area (Å²) >= 11 is 0. The third-order valence-corrected chi connectivity index (χ3v) is 3.69. The van der Waals surface area contributed by atoms with Gasteiger partial charge in [-0.3, -0.25) is 0 Å². The van der Waals surface area contributed by atoms with Gasteiger partial charge in [0.05, 0.1) is 0 Å². The van der Waals surface area contributed by atoms with Crippen molar-refractivity contribution in [1.29, 1.82) is 0 Å². The van der Waals surface area contributed by atoms with Crippen LogP contribution in [0.15, 0.2) is 30.3 Å². The maximum Gasteiger partial charge on any atom is 0.0136 e. The second-order valence-electron chi connectivity index (χ2n) is 6.00. The Balaban J connectivity index is 2.85. The number of nitrogens with one attached hydrogen (secondary N) is 1. The van der Waals surface area contributed by atoms with Crippen LogP contribution in [0.4, 0.5) is 0 Å². The van der Waals surface area contributed by atoms with Crippen LogP contribution in [0, 0.1) is 5.92 Å². The highest BCUT2D eigenvalue weighted by Crippen LogP contribution is 2.29. The van der Waals surface area contributed by atoms with Crippen LogP contribution in [0.3, 0.4) is 0 Å². The molecule has 0 aliphatic heterocycles. The zero-order valence-electron chi connectivity index (χ0n) is 13.2. The van der Waals surface area contributed by atoms with Crippen molar-refractivity contribution in [3.05, 3.63) is 35.9 Å². The molecule has 0 spiro atoms. The fraction of sp³-hybridized carbons (Fsp3) is 0.667. The third kappa shape index (κ3) is 5.78. The van der Waals surface area contributed by atoms with Gasteiger partial charge in [-0.05, 0) is 43.2 Å². The minimum Gasteiger partial charge on any atom is -0.313 e. The summed E-state index contributed by atoms with van der Waals surface area (Å²) in [6.07, 6.45) is 5.00. The second-order valence-corrected chi connectivity index (χ2v) is 6.00. The zero-order chi connectivity index (χ0) is 14.1. The van der Waals surface area contributed by atoms with E-state index in [1.807, 2.05) is 0 Å². The van der Waals surface area contributed by atoms with Gasteiger partial charge in [-0.2, -0.15) is 0 Å². The highest BCUT2D eigenvalue weighted by Gasteiger charge is 2.22. The normalized spacial score (nSPS) is 14.6. The average molecular weight is 261 g/mol. The predicted molar refractivity (Wildman–Crippen MR) is 85.6 cm³/mol. The molecule has 0 fully saturated rings. The highest BCUT2D eigenvalue weighted by atomic mass is 14.9. The molecule has 1 heteroatoms. The second kappa shape index (κ2) is 9.14. The van der Waals surface area contributed by atoms with E-state index in [0.717, 1.165) is 12.5 Å². The van der Waals surface area contributed by atoms with Crippen molar-refractivity contribution >= 4 is 0 Å². The molecule has 1 rings (SSSR count). The van der Waals surface area contributed by atoms with Crippen LogP contribution in [-0.2, 0) is 0 Å². The molecule has 0 amide bonds. The Morgan fingerprint density at radius 3 is 2.21 bits per heavy atom. The average Bonchev–Trinajstić information content (AvgIpc) is 2.42. The van der Waals surface area contributed by atoms with Crippen molar-refractivity contribution in [2.75, 3.05) is 6.54 Å². The molecule has 1 aromatic rings. The molecular formula is C18H31N. The molecule has 0 aliphatic carbocycles. The van der Waals surface area contributed by atoms with E-state index in [4.69, 9.17) is 0 Å². The molecule has 0 aromatic heterocycles. The molecule has 0 aliphatic rings. The summed E-state index contributed by atoms with van der Waals surface area (Å²) in [5, 5.41) is 3.77. The molecule has 0 saturated carbocycles. The SMILES string of the molecule is CCCNC(CCC)C(CC(C)C)c1ccccc1. The first-order valence-electron chi connectivity index (χ1n) is 7.97. The number of rotatable bonds is 9. The van der Waals surface area contributed by atoms with Crippen LogP contribution in [0.1, 0.15) is 64.9 Å². The maximum absolute atomic E-state index is 3.77. The smallest absolute Gasteiger partial charge is 0.0136 e. The number of hydrogen-bond acceptors (Lipinski definition) is 1. The van der Waals surface area contributed by atoms with Gasteiger partial charge in [0.15, 0.2) is 0 Å². The fourth-order valence-corrected chi connectivity index (χ4v) is 2.83. The molecule has 2 unspecified atom stereocenters. The largest absolute Gasteiger partial charge is 0.313 e. The van der Waals surface area contributed by atoms with Crippen molar-refractivity contribution in [3.8, 4) is 0 Å². The summed E-state index contributed by atoms with van der Waals surface area (Å²) in [4.78, 5) is 0. The molecule has 1 aromatic carbocycles. The number of hydrogen-bond donors (Lipinski definition) is 1. The first kappa shape index (κ1) is 16.2. The Morgan fingerprint density at radius 2 is 1.68 bits per heavy atom. The van der Waals surface area contributed by atoms with E-state index in [9.17, 15) is 0 Å². The molecule has 0 bridgehead atoms. The topological polar surface area (TPSA) is 12.0 Å². The summed E-state index contributed by atoms with van der Waals surface area (Å²) in [6.45, 7) is 10.3. The number of benzene rings is 1. The van der Waals surface area contributed by atoms with Gasteiger partial charge in [0, 0.05) is 6.04 Å². The Hall–Kier alpha value is -0.820. The van der Waals surface area contributed by atoms with Gasteiger partial charge in [0.1, 0.15) is 0 Å². The Bertz CT molecular complexity index is 318. The van der Waals surface area contributed by atoms with Crippen molar-refractivity contribution in [3.63, 3.8) is 0 Å². The monoisotopic (exact) mass is 261 g/mol. The van der Waals surface area contributed by atoms with E-state index >= 15 is 0 Å². The molecule has 108 valence electrons. The standard InChI is InChI=1S/C18H31N/c1-5-10-18(19-13-6-2)17(14-15(3)4)16-11-8-7-9-12-16/h7-9,11-12,15,17-19H,5-6,10,13-14H2,1-4H3. The predicted octanol–water partition coefficient (Wildman–Crippen LogP) is 4.98. The Morgan fingerprint density at radius 1 is 1.00 bits per heavy atom. The van der Waals surface area contributed by atoms with Gasteiger partial charge in [0.25, 0.3) is 0 Å². The van der Waals surface area contributed by atoms with E-state index in [-0.39, 0.29) is 0 Å². The van der Waals surface area contributed by atoms with Crippen molar-refractivity contribution in [2.45, 2.75) is 65.3 Å². The minimum atomic E-state index is 0.620. The lowest BCUT2D eigenvalue weighted by Crippen LogP contribution is -2.36. The molecular weight excluding hydrogens is 230 g/mol. The quantitative estimate of drug-likeness (QED) is 0.660. The van der Waals surface area contributed by atoms with Crippen LogP contribution in [0.2, 0.25) is 0 Å². The van der Waals surface area contributed by atoms with E-state index in [0.29, 0.717) is 12.0 Å². The zero-order valence-corrected chi connectivity index (χ0v) is 13.2. The van der Waals surface area contributed by atoms with E-state index in [2.05, 4.69) is 63.3 Å². The lowest BCUT2D eigenvalue weighted by Gasteiger charge is -2.30. The summed E-state index contributed by atoms with van der Waals surface area (Å²) in [6, 6.07) is 11.7. The van der Waals surface area contributed by atoms with Gasteiger partial charge in [-0.1, -0.05) is 64.4 Å². The van der Waals surface area contributed by atoms with Crippen molar-refractivity contribution in [1.82, 2.24) is 5.32 Å². The van der Waals surface area contributed by atoms with Crippen LogP contribution >= 0.6 is 0 Å². The molecule has 1 N–H and O–H groups in total. The van der Waals surface area contributed by atoms with Gasteiger partial charge in [0.2, 0.25) is 0 Å². The van der Waals surface area contributed by atoms with Crippen LogP contribution in [0.5, 0.6) is 0 Å².